The first kappa shape index (κ1) is 11.3. The van der Waals surface area contributed by atoms with E-state index in [1.54, 1.807) is 12.1 Å². The van der Waals surface area contributed by atoms with Gasteiger partial charge in [0.2, 0.25) is 5.91 Å². The maximum absolute atomic E-state index is 12.2. The Morgan fingerprint density at radius 3 is 2.83 bits per heavy atom. The molecule has 3 unspecified atom stereocenters. The zero-order chi connectivity index (χ0) is 12.7. The number of carbonyl (C=O) groups excluding carboxylic acids is 1. The van der Waals surface area contributed by atoms with Crippen LogP contribution in [0.3, 0.4) is 0 Å². The van der Waals surface area contributed by atoms with E-state index >= 15 is 0 Å². The Labute approximate surface area is 107 Å². The molecule has 0 spiro atoms. The molecular weight excluding hydrogens is 226 g/mol. The van der Waals surface area contributed by atoms with Gasteiger partial charge in [-0.15, -0.1) is 0 Å². The molecule has 2 aliphatic rings. The van der Waals surface area contributed by atoms with Gasteiger partial charge in [0.05, 0.1) is 5.69 Å². The van der Waals surface area contributed by atoms with E-state index in [2.05, 4.69) is 17.5 Å². The number of nitrogens with one attached hydrogen (secondary N) is 1. The Balaban J connectivity index is 1.75. The van der Waals surface area contributed by atoms with Crippen LogP contribution >= 0.6 is 0 Å². The highest BCUT2D eigenvalue weighted by atomic mass is 16.3. The fourth-order valence-corrected chi connectivity index (χ4v) is 3.06. The van der Waals surface area contributed by atoms with Gasteiger partial charge in [-0.25, -0.2) is 0 Å². The highest BCUT2D eigenvalue weighted by Crippen LogP contribution is 2.44. The number of hydrogen-bond acceptors (Lipinski definition) is 2. The SMILES string of the molecule is Cc1ccc(O)c(NC(=O)C2CC3C=CC2C3)c1. The van der Waals surface area contributed by atoms with Gasteiger partial charge in [0.15, 0.2) is 0 Å². The summed E-state index contributed by atoms with van der Waals surface area (Å²) in [4.78, 5) is 12.2. The minimum Gasteiger partial charge on any atom is -0.506 e. The molecule has 3 atom stereocenters. The van der Waals surface area contributed by atoms with Gasteiger partial charge in [-0.3, -0.25) is 4.79 Å². The van der Waals surface area contributed by atoms with Crippen LogP contribution in [0.1, 0.15) is 18.4 Å². The largest absolute Gasteiger partial charge is 0.506 e. The van der Waals surface area contributed by atoms with Crippen molar-refractivity contribution in [3.8, 4) is 5.75 Å². The van der Waals surface area contributed by atoms with Crippen molar-refractivity contribution in [1.82, 2.24) is 0 Å². The molecule has 1 fully saturated rings. The number of rotatable bonds is 2. The average molecular weight is 243 g/mol. The van der Waals surface area contributed by atoms with Crippen molar-refractivity contribution < 1.29 is 9.90 Å². The molecule has 18 heavy (non-hydrogen) atoms. The second kappa shape index (κ2) is 4.16. The summed E-state index contributed by atoms with van der Waals surface area (Å²) in [7, 11) is 0. The highest BCUT2D eigenvalue weighted by Gasteiger charge is 2.39. The minimum absolute atomic E-state index is 0.0350. The number of aryl methyl sites for hydroxylation is 1. The predicted octanol–water partition coefficient (Wildman–Crippen LogP) is 2.85. The minimum atomic E-state index is 0.0350. The fraction of sp³-hybridized carbons (Fsp3) is 0.400. The van der Waals surface area contributed by atoms with E-state index in [-0.39, 0.29) is 17.6 Å². The van der Waals surface area contributed by atoms with Crippen LogP contribution in [0.4, 0.5) is 5.69 Å². The van der Waals surface area contributed by atoms with Gasteiger partial charge < -0.3 is 10.4 Å². The number of amides is 1. The molecule has 0 radical (unpaired) electrons. The lowest BCUT2D eigenvalue weighted by molar-refractivity contribution is -0.120. The van der Waals surface area contributed by atoms with E-state index in [9.17, 15) is 9.90 Å². The summed E-state index contributed by atoms with van der Waals surface area (Å²) in [5.41, 5.74) is 1.54. The first-order valence-corrected chi connectivity index (χ1v) is 6.42. The van der Waals surface area contributed by atoms with Crippen LogP contribution in [0.2, 0.25) is 0 Å². The molecule has 1 amide bonds. The lowest BCUT2D eigenvalue weighted by Crippen LogP contribution is -2.25. The lowest BCUT2D eigenvalue weighted by Gasteiger charge is -2.18. The zero-order valence-corrected chi connectivity index (χ0v) is 10.4. The van der Waals surface area contributed by atoms with Crippen LogP contribution in [-0.4, -0.2) is 11.0 Å². The number of fused-ring (bicyclic) bond motifs is 2. The Morgan fingerprint density at radius 1 is 1.33 bits per heavy atom. The van der Waals surface area contributed by atoms with Gasteiger partial charge in [0.25, 0.3) is 0 Å². The molecule has 94 valence electrons. The van der Waals surface area contributed by atoms with E-state index in [0.29, 0.717) is 17.5 Å². The van der Waals surface area contributed by atoms with Crippen molar-refractivity contribution >= 4 is 11.6 Å². The molecule has 0 aromatic heterocycles. The molecule has 3 rings (SSSR count). The van der Waals surface area contributed by atoms with E-state index in [1.807, 2.05) is 13.0 Å². The first-order chi connectivity index (χ1) is 8.63. The molecule has 1 saturated carbocycles. The van der Waals surface area contributed by atoms with Crippen LogP contribution < -0.4 is 5.32 Å². The van der Waals surface area contributed by atoms with Gasteiger partial charge in [-0.05, 0) is 49.3 Å². The molecule has 0 heterocycles. The monoisotopic (exact) mass is 243 g/mol. The smallest absolute Gasteiger partial charge is 0.228 e. The molecule has 0 aliphatic heterocycles. The summed E-state index contributed by atoms with van der Waals surface area (Å²) in [6.07, 6.45) is 6.44. The van der Waals surface area contributed by atoms with Crippen LogP contribution in [0.25, 0.3) is 0 Å². The van der Waals surface area contributed by atoms with Crippen LogP contribution in [0.5, 0.6) is 5.75 Å². The summed E-state index contributed by atoms with van der Waals surface area (Å²) in [5.74, 6) is 1.21. The lowest BCUT2D eigenvalue weighted by atomic mass is 9.92. The van der Waals surface area contributed by atoms with Crippen LogP contribution in [0.15, 0.2) is 30.4 Å². The quantitative estimate of drug-likeness (QED) is 0.620. The molecule has 2 bridgehead atoms. The maximum Gasteiger partial charge on any atom is 0.228 e. The second-order valence-electron chi connectivity index (χ2n) is 5.40. The second-order valence-corrected chi connectivity index (χ2v) is 5.40. The van der Waals surface area contributed by atoms with Gasteiger partial charge in [-0.2, -0.15) is 0 Å². The topological polar surface area (TPSA) is 49.3 Å². The molecule has 2 N–H and O–H groups in total. The van der Waals surface area contributed by atoms with Gasteiger partial charge in [0.1, 0.15) is 5.75 Å². The number of phenolic OH excluding ortho intramolecular Hbond substituents is 1. The van der Waals surface area contributed by atoms with Crippen molar-refractivity contribution in [2.45, 2.75) is 19.8 Å². The van der Waals surface area contributed by atoms with E-state index < -0.39 is 0 Å². The summed E-state index contributed by atoms with van der Waals surface area (Å²) in [6.45, 7) is 1.94. The first-order valence-electron chi connectivity index (χ1n) is 6.42. The standard InChI is InChI=1S/C15H17NO2/c1-9-2-5-14(17)13(6-9)16-15(18)12-8-10-3-4-11(12)7-10/h2-6,10-12,17H,7-8H2,1H3,(H,16,18). The van der Waals surface area contributed by atoms with Crippen molar-refractivity contribution in [2.75, 3.05) is 5.32 Å². The third-order valence-electron chi connectivity index (χ3n) is 4.03. The number of aromatic hydroxyl groups is 1. The summed E-state index contributed by atoms with van der Waals surface area (Å²) in [6, 6.07) is 5.24. The van der Waals surface area contributed by atoms with E-state index in [0.717, 1.165) is 18.4 Å². The molecule has 1 aromatic carbocycles. The maximum atomic E-state index is 12.2. The number of phenols is 1. The third-order valence-corrected chi connectivity index (χ3v) is 4.03. The van der Waals surface area contributed by atoms with Crippen LogP contribution in [0, 0.1) is 24.7 Å². The van der Waals surface area contributed by atoms with Crippen molar-refractivity contribution in [3.05, 3.63) is 35.9 Å². The summed E-state index contributed by atoms with van der Waals surface area (Å²) >= 11 is 0. The summed E-state index contributed by atoms with van der Waals surface area (Å²) in [5, 5.41) is 12.6. The Hall–Kier alpha value is -1.77. The van der Waals surface area contributed by atoms with Crippen molar-refractivity contribution in [3.63, 3.8) is 0 Å². The number of carbonyl (C=O) groups is 1. The average Bonchev–Trinajstić information content (AvgIpc) is 2.96. The molecule has 0 saturated heterocycles. The van der Waals surface area contributed by atoms with Crippen LogP contribution in [-0.2, 0) is 4.79 Å². The molecule has 2 aliphatic carbocycles. The van der Waals surface area contributed by atoms with Crippen molar-refractivity contribution in [1.29, 1.82) is 0 Å². The third kappa shape index (κ3) is 1.90. The predicted molar refractivity (Wildman–Crippen MR) is 70.3 cm³/mol. The summed E-state index contributed by atoms with van der Waals surface area (Å²) < 4.78 is 0. The zero-order valence-electron chi connectivity index (χ0n) is 10.4. The fourth-order valence-electron chi connectivity index (χ4n) is 3.06. The molecular formula is C15H17NO2. The number of allylic oxidation sites excluding steroid dienone is 2. The molecule has 1 aromatic rings. The Morgan fingerprint density at radius 2 is 2.17 bits per heavy atom. The number of anilines is 1. The van der Waals surface area contributed by atoms with Gasteiger partial charge >= 0.3 is 0 Å². The highest BCUT2D eigenvalue weighted by molar-refractivity contribution is 5.94. The van der Waals surface area contributed by atoms with Crippen molar-refractivity contribution in [2.24, 2.45) is 17.8 Å². The van der Waals surface area contributed by atoms with E-state index in [1.165, 1.54) is 0 Å². The Kier molecular flexibility index (Phi) is 2.62. The molecule has 3 nitrogen and oxygen atoms in total. The van der Waals surface area contributed by atoms with Gasteiger partial charge in [-0.1, -0.05) is 18.2 Å². The van der Waals surface area contributed by atoms with E-state index in [4.69, 9.17) is 0 Å². The normalized spacial score (nSPS) is 28.6. The number of hydrogen-bond donors (Lipinski definition) is 2. The Bertz CT molecular complexity index is 521. The molecule has 3 heteroatoms. The number of benzene rings is 1. The van der Waals surface area contributed by atoms with Gasteiger partial charge in [0, 0.05) is 5.92 Å².